The largest absolute Gasteiger partial charge is 0.309 e. The van der Waals surface area contributed by atoms with E-state index in [4.69, 9.17) is 0 Å². The minimum absolute atomic E-state index is 1.16. The number of pyridine rings is 1. The molecule has 0 saturated heterocycles. The van der Waals surface area contributed by atoms with Crippen molar-refractivity contribution in [1.82, 2.24) is 9.55 Å². The first kappa shape index (κ1) is 25.5. The van der Waals surface area contributed by atoms with Crippen LogP contribution in [0.5, 0.6) is 0 Å². The monoisotopic (exact) mass is 572 g/mol. The first-order valence-electron chi connectivity index (χ1n) is 15.4. The lowest BCUT2D eigenvalue weighted by molar-refractivity contribution is 1.19. The van der Waals surface area contributed by atoms with Gasteiger partial charge in [-0.3, -0.25) is 4.98 Å². The number of benzene rings is 7. The van der Waals surface area contributed by atoms with Gasteiger partial charge >= 0.3 is 0 Å². The Morgan fingerprint density at radius 2 is 1.00 bits per heavy atom. The maximum atomic E-state index is 4.22. The van der Waals surface area contributed by atoms with E-state index in [0.29, 0.717) is 0 Å². The molecule has 0 aliphatic rings. The summed E-state index contributed by atoms with van der Waals surface area (Å²) in [6.07, 6.45) is 3.72. The SMILES string of the molecule is c1ccc(-c2ccc3c4ccc5cc(-c6ccc(-c7ccncc7)c7ccccc67)ccc5c4n(-c4ccccc4)c3c2)cc1. The van der Waals surface area contributed by atoms with E-state index in [1.165, 1.54) is 76.7 Å². The highest BCUT2D eigenvalue weighted by atomic mass is 15.0. The summed E-state index contributed by atoms with van der Waals surface area (Å²) >= 11 is 0. The molecule has 0 saturated carbocycles. The van der Waals surface area contributed by atoms with Crippen molar-refractivity contribution in [2.45, 2.75) is 0 Å². The van der Waals surface area contributed by atoms with Crippen molar-refractivity contribution in [3.8, 4) is 39.1 Å². The van der Waals surface area contributed by atoms with Gasteiger partial charge in [-0.25, -0.2) is 0 Å². The molecule has 2 heteroatoms. The molecule has 0 aliphatic heterocycles. The van der Waals surface area contributed by atoms with Gasteiger partial charge in [0.2, 0.25) is 0 Å². The van der Waals surface area contributed by atoms with Crippen LogP contribution in [0.1, 0.15) is 0 Å². The van der Waals surface area contributed by atoms with Crippen molar-refractivity contribution in [1.29, 1.82) is 0 Å². The molecule has 0 fully saturated rings. The second-order valence-corrected chi connectivity index (χ2v) is 11.6. The zero-order valence-corrected chi connectivity index (χ0v) is 24.6. The van der Waals surface area contributed by atoms with Gasteiger partial charge in [-0.05, 0) is 85.9 Å². The average Bonchev–Trinajstić information content (AvgIpc) is 3.46. The predicted octanol–water partition coefficient (Wildman–Crippen LogP) is 11.5. The number of hydrogen-bond acceptors (Lipinski definition) is 1. The molecule has 9 rings (SSSR count). The molecular weight excluding hydrogens is 544 g/mol. The van der Waals surface area contributed by atoms with Crippen molar-refractivity contribution in [2.75, 3.05) is 0 Å². The standard InChI is InChI=1S/C43H28N2/c1-3-9-29(10-4-1)31-15-19-40-41-20-17-33-27-32(16-18-37(33)43(41)45(42(40)28-31)34-11-5-2-6-12-34)36-22-21-35(30-23-25-44-26-24-30)38-13-7-8-14-39(36)38/h1-28H. The third-order valence-electron chi connectivity index (χ3n) is 9.09. The van der Waals surface area contributed by atoms with Crippen molar-refractivity contribution in [2.24, 2.45) is 0 Å². The molecule has 0 bridgehead atoms. The fraction of sp³-hybridized carbons (Fsp3) is 0. The Labute approximate surface area is 261 Å². The molecule has 0 atom stereocenters. The van der Waals surface area contributed by atoms with Crippen molar-refractivity contribution >= 4 is 43.4 Å². The summed E-state index contributed by atoms with van der Waals surface area (Å²) < 4.78 is 2.44. The zero-order chi connectivity index (χ0) is 29.7. The van der Waals surface area contributed by atoms with Gasteiger partial charge in [-0.15, -0.1) is 0 Å². The molecule has 9 aromatic rings. The molecule has 0 radical (unpaired) electrons. The van der Waals surface area contributed by atoms with Crippen LogP contribution in [-0.4, -0.2) is 9.55 Å². The highest BCUT2D eigenvalue weighted by Gasteiger charge is 2.17. The first-order chi connectivity index (χ1) is 22.3. The number of aromatic nitrogens is 2. The van der Waals surface area contributed by atoms with Crippen LogP contribution in [0.25, 0.3) is 82.4 Å². The molecule has 210 valence electrons. The third kappa shape index (κ3) is 4.15. The van der Waals surface area contributed by atoms with Crippen LogP contribution < -0.4 is 0 Å². The van der Waals surface area contributed by atoms with Crippen molar-refractivity contribution in [3.63, 3.8) is 0 Å². The van der Waals surface area contributed by atoms with Gasteiger partial charge in [0, 0.05) is 34.2 Å². The topological polar surface area (TPSA) is 17.8 Å². The lowest BCUT2D eigenvalue weighted by Crippen LogP contribution is -1.94. The molecule has 2 nitrogen and oxygen atoms in total. The van der Waals surface area contributed by atoms with E-state index in [1.807, 2.05) is 12.4 Å². The lowest BCUT2D eigenvalue weighted by Gasteiger charge is -2.14. The summed E-state index contributed by atoms with van der Waals surface area (Å²) in [5.74, 6) is 0. The van der Waals surface area contributed by atoms with Crippen LogP contribution in [0.4, 0.5) is 0 Å². The Kier molecular flexibility index (Phi) is 5.85. The van der Waals surface area contributed by atoms with Gasteiger partial charge in [0.05, 0.1) is 11.0 Å². The average molecular weight is 573 g/mol. The Balaban J connectivity index is 1.28. The quantitative estimate of drug-likeness (QED) is 0.205. The van der Waals surface area contributed by atoms with Crippen LogP contribution >= 0.6 is 0 Å². The van der Waals surface area contributed by atoms with Gasteiger partial charge in [-0.2, -0.15) is 0 Å². The van der Waals surface area contributed by atoms with Crippen molar-refractivity contribution in [3.05, 3.63) is 170 Å². The summed E-state index contributed by atoms with van der Waals surface area (Å²) in [6.45, 7) is 0. The van der Waals surface area contributed by atoms with Crippen LogP contribution in [-0.2, 0) is 0 Å². The molecule has 2 heterocycles. The van der Waals surface area contributed by atoms with E-state index in [1.54, 1.807) is 0 Å². The van der Waals surface area contributed by atoms with Crippen LogP contribution in [0.3, 0.4) is 0 Å². The second kappa shape index (κ2) is 10.3. The van der Waals surface area contributed by atoms with E-state index in [-0.39, 0.29) is 0 Å². The molecule has 0 N–H and O–H groups in total. The van der Waals surface area contributed by atoms with E-state index in [9.17, 15) is 0 Å². The Morgan fingerprint density at radius 1 is 0.378 bits per heavy atom. The number of rotatable bonds is 4. The molecular formula is C43H28N2. The Morgan fingerprint density at radius 3 is 1.76 bits per heavy atom. The fourth-order valence-electron chi connectivity index (χ4n) is 6.99. The van der Waals surface area contributed by atoms with E-state index < -0.39 is 0 Å². The number of hydrogen-bond donors (Lipinski definition) is 0. The van der Waals surface area contributed by atoms with E-state index in [0.717, 1.165) is 5.69 Å². The maximum Gasteiger partial charge on any atom is 0.0619 e. The van der Waals surface area contributed by atoms with E-state index in [2.05, 4.69) is 167 Å². The third-order valence-corrected chi connectivity index (χ3v) is 9.09. The molecule has 0 aliphatic carbocycles. The predicted molar refractivity (Wildman–Crippen MR) is 190 cm³/mol. The Hall–Kier alpha value is -5.99. The highest BCUT2D eigenvalue weighted by Crippen LogP contribution is 2.41. The maximum absolute atomic E-state index is 4.22. The summed E-state index contributed by atoms with van der Waals surface area (Å²) in [6, 6.07) is 57.2. The zero-order valence-electron chi connectivity index (χ0n) is 24.6. The number of para-hydroxylation sites is 1. The minimum atomic E-state index is 1.16. The van der Waals surface area contributed by atoms with Crippen LogP contribution in [0.15, 0.2) is 170 Å². The summed E-state index contributed by atoms with van der Waals surface area (Å²) in [7, 11) is 0. The van der Waals surface area contributed by atoms with Gasteiger partial charge < -0.3 is 4.57 Å². The highest BCUT2D eigenvalue weighted by molar-refractivity contribution is 6.19. The minimum Gasteiger partial charge on any atom is -0.309 e. The van der Waals surface area contributed by atoms with Crippen molar-refractivity contribution < 1.29 is 0 Å². The van der Waals surface area contributed by atoms with Crippen LogP contribution in [0.2, 0.25) is 0 Å². The normalized spacial score (nSPS) is 11.6. The van der Waals surface area contributed by atoms with Gasteiger partial charge in [0.1, 0.15) is 0 Å². The van der Waals surface area contributed by atoms with Gasteiger partial charge in [0.15, 0.2) is 0 Å². The second-order valence-electron chi connectivity index (χ2n) is 11.6. The lowest BCUT2D eigenvalue weighted by atomic mass is 9.91. The summed E-state index contributed by atoms with van der Waals surface area (Å²) in [5, 5.41) is 7.49. The number of fused-ring (bicyclic) bond motifs is 6. The van der Waals surface area contributed by atoms with E-state index >= 15 is 0 Å². The molecule has 45 heavy (non-hydrogen) atoms. The molecule has 0 amide bonds. The number of nitrogens with zero attached hydrogens (tertiary/aromatic N) is 2. The molecule has 0 spiro atoms. The summed E-state index contributed by atoms with van der Waals surface area (Å²) in [5.41, 5.74) is 10.9. The molecule has 0 unspecified atom stereocenters. The fourth-order valence-corrected chi connectivity index (χ4v) is 6.99. The molecule has 7 aromatic carbocycles. The van der Waals surface area contributed by atoms with Gasteiger partial charge in [0.25, 0.3) is 0 Å². The first-order valence-corrected chi connectivity index (χ1v) is 15.4. The smallest absolute Gasteiger partial charge is 0.0619 e. The van der Waals surface area contributed by atoms with Crippen LogP contribution in [0, 0.1) is 0 Å². The van der Waals surface area contributed by atoms with Gasteiger partial charge in [-0.1, -0.05) is 121 Å². The Bertz CT molecular complexity index is 2510. The molecule has 2 aromatic heterocycles. The summed E-state index contributed by atoms with van der Waals surface area (Å²) in [4.78, 5) is 4.22.